The van der Waals surface area contributed by atoms with E-state index < -0.39 is 0 Å². The van der Waals surface area contributed by atoms with Gasteiger partial charge in [-0.2, -0.15) is 10.2 Å². The monoisotopic (exact) mass is 336 g/mol. The summed E-state index contributed by atoms with van der Waals surface area (Å²) in [5.41, 5.74) is 1.20. The van der Waals surface area contributed by atoms with Crippen molar-refractivity contribution in [1.82, 2.24) is 15.0 Å². The zero-order chi connectivity index (χ0) is 17.2. The molecular weight excluding hydrogens is 316 g/mol. The molecule has 1 aromatic heterocycles. The third kappa shape index (κ3) is 3.55. The first-order chi connectivity index (χ1) is 12.2. The fraction of sp³-hybridized carbons (Fsp3) is 0.474. The van der Waals surface area contributed by atoms with Crippen molar-refractivity contribution in [2.45, 2.75) is 38.0 Å². The number of rotatable bonds is 4. The molecule has 128 valence electrons. The molecule has 2 aliphatic rings. The van der Waals surface area contributed by atoms with Gasteiger partial charge < -0.3 is 9.42 Å². The topological polar surface area (TPSA) is 83.0 Å². The highest BCUT2D eigenvalue weighted by atomic mass is 16.5. The highest BCUT2D eigenvalue weighted by Gasteiger charge is 2.30. The van der Waals surface area contributed by atoms with Gasteiger partial charge in [-0.3, -0.25) is 4.79 Å². The lowest BCUT2D eigenvalue weighted by molar-refractivity contribution is 0.0668. The zero-order valence-electron chi connectivity index (χ0n) is 14.0. The SMILES string of the molecule is N#Cc1ccc(C(=O)N2CCC[C@H](Cc3nc(C4CC4)no3)C2)cc1. The number of amides is 1. The number of aromatic nitrogens is 2. The van der Waals surface area contributed by atoms with Crippen molar-refractivity contribution in [2.24, 2.45) is 5.92 Å². The van der Waals surface area contributed by atoms with E-state index in [0.29, 0.717) is 35.4 Å². The van der Waals surface area contributed by atoms with Gasteiger partial charge in [0.15, 0.2) is 5.82 Å². The second-order valence-electron chi connectivity index (χ2n) is 6.97. The molecule has 6 heteroatoms. The van der Waals surface area contributed by atoms with Gasteiger partial charge in [-0.05, 0) is 55.9 Å². The first kappa shape index (κ1) is 15.8. The second-order valence-corrected chi connectivity index (χ2v) is 6.97. The summed E-state index contributed by atoms with van der Waals surface area (Å²) in [7, 11) is 0. The Hall–Kier alpha value is -2.68. The molecule has 0 spiro atoms. The predicted octanol–water partition coefficient (Wildman–Crippen LogP) is 2.91. The Bertz CT molecular complexity index is 802. The van der Waals surface area contributed by atoms with E-state index >= 15 is 0 Å². The minimum atomic E-state index is 0.0263. The van der Waals surface area contributed by atoms with Crippen molar-refractivity contribution in [3.8, 4) is 6.07 Å². The molecule has 0 radical (unpaired) electrons. The largest absolute Gasteiger partial charge is 0.339 e. The maximum atomic E-state index is 12.7. The Labute approximate surface area is 146 Å². The summed E-state index contributed by atoms with van der Waals surface area (Å²) in [6.07, 6.45) is 5.11. The van der Waals surface area contributed by atoms with Crippen LogP contribution in [0.1, 0.15) is 59.2 Å². The molecule has 2 fully saturated rings. The number of hydrogen-bond donors (Lipinski definition) is 0. The van der Waals surface area contributed by atoms with Gasteiger partial charge in [-0.25, -0.2) is 0 Å². The summed E-state index contributed by atoms with van der Waals surface area (Å²) in [6, 6.07) is 8.90. The van der Waals surface area contributed by atoms with Crippen LogP contribution in [0.5, 0.6) is 0 Å². The number of nitrogens with zero attached hydrogens (tertiary/aromatic N) is 4. The van der Waals surface area contributed by atoms with E-state index in [9.17, 15) is 4.79 Å². The molecule has 0 bridgehead atoms. The van der Waals surface area contributed by atoms with E-state index in [1.54, 1.807) is 24.3 Å². The first-order valence-electron chi connectivity index (χ1n) is 8.85. The molecule has 6 nitrogen and oxygen atoms in total. The highest BCUT2D eigenvalue weighted by molar-refractivity contribution is 5.94. The van der Waals surface area contributed by atoms with Gasteiger partial charge in [-0.15, -0.1) is 0 Å². The van der Waals surface area contributed by atoms with Crippen LogP contribution in [0.4, 0.5) is 0 Å². The molecule has 1 aromatic carbocycles. The van der Waals surface area contributed by atoms with Crippen LogP contribution >= 0.6 is 0 Å². The quantitative estimate of drug-likeness (QED) is 0.857. The van der Waals surface area contributed by atoms with Gasteiger partial charge in [0.25, 0.3) is 5.91 Å². The minimum Gasteiger partial charge on any atom is -0.339 e. The van der Waals surface area contributed by atoms with E-state index in [-0.39, 0.29) is 5.91 Å². The molecule has 1 amide bonds. The second kappa shape index (κ2) is 6.67. The number of carbonyl (C=O) groups excluding carboxylic acids is 1. The predicted molar refractivity (Wildman–Crippen MR) is 89.8 cm³/mol. The maximum absolute atomic E-state index is 12.7. The van der Waals surface area contributed by atoms with Crippen LogP contribution in [0, 0.1) is 17.2 Å². The molecule has 2 heterocycles. The van der Waals surface area contributed by atoms with Crippen LogP contribution in [-0.2, 0) is 6.42 Å². The summed E-state index contributed by atoms with van der Waals surface area (Å²) in [4.78, 5) is 19.1. The molecule has 1 saturated heterocycles. The van der Waals surface area contributed by atoms with E-state index in [1.165, 1.54) is 0 Å². The summed E-state index contributed by atoms with van der Waals surface area (Å²) in [5, 5.41) is 12.9. The third-order valence-corrected chi connectivity index (χ3v) is 4.96. The molecule has 25 heavy (non-hydrogen) atoms. The van der Waals surface area contributed by atoms with Crippen LogP contribution in [0.25, 0.3) is 0 Å². The van der Waals surface area contributed by atoms with Crippen molar-refractivity contribution in [3.63, 3.8) is 0 Å². The molecule has 1 aliphatic carbocycles. The van der Waals surface area contributed by atoms with Gasteiger partial charge in [-0.1, -0.05) is 5.16 Å². The minimum absolute atomic E-state index is 0.0263. The summed E-state index contributed by atoms with van der Waals surface area (Å²) >= 11 is 0. The number of nitriles is 1. The lowest BCUT2D eigenvalue weighted by atomic mass is 9.94. The molecule has 0 unspecified atom stereocenters. The molecule has 0 N–H and O–H groups in total. The normalized spacial score (nSPS) is 20.3. The number of carbonyl (C=O) groups is 1. The van der Waals surface area contributed by atoms with Crippen molar-refractivity contribution in [1.29, 1.82) is 5.26 Å². The summed E-state index contributed by atoms with van der Waals surface area (Å²) < 4.78 is 5.38. The lowest BCUT2D eigenvalue weighted by Crippen LogP contribution is -2.40. The molecule has 1 saturated carbocycles. The average molecular weight is 336 g/mol. The number of hydrogen-bond acceptors (Lipinski definition) is 5. The van der Waals surface area contributed by atoms with Crippen molar-refractivity contribution < 1.29 is 9.32 Å². The van der Waals surface area contributed by atoms with Gasteiger partial charge >= 0.3 is 0 Å². The van der Waals surface area contributed by atoms with Crippen molar-refractivity contribution in [2.75, 3.05) is 13.1 Å². The lowest BCUT2D eigenvalue weighted by Gasteiger charge is -2.32. The fourth-order valence-electron chi connectivity index (χ4n) is 3.39. The molecule has 2 aromatic rings. The zero-order valence-corrected chi connectivity index (χ0v) is 14.0. The highest BCUT2D eigenvalue weighted by Crippen LogP contribution is 2.38. The third-order valence-electron chi connectivity index (χ3n) is 4.96. The van der Waals surface area contributed by atoms with Gasteiger partial charge in [0, 0.05) is 31.0 Å². The van der Waals surface area contributed by atoms with E-state index in [4.69, 9.17) is 9.78 Å². The Morgan fingerprint density at radius 1 is 1.28 bits per heavy atom. The Morgan fingerprint density at radius 3 is 2.80 bits per heavy atom. The van der Waals surface area contributed by atoms with Crippen LogP contribution in [0.2, 0.25) is 0 Å². The molecule has 1 aliphatic heterocycles. The fourth-order valence-corrected chi connectivity index (χ4v) is 3.39. The molecular formula is C19H20N4O2. The summed E-state index contributed by atoms with van der Waals surface area (Å²) in [5.74, 6) is 2.41. The molecule has 4 rings (SSSR count). The maximum Gasteiger partial charge on any atom is 0.253 e. The van der Waals surface area contributed by atoms with Gasteiger partial charge in [0.2, 0.25) is 5.89 Å². The first-order valence-corrected chi connectivity index (χ1v) is 8.85. The standard InChI is InChI=1S/C19H20N4O2/c20-11-13-3-5-16(6-4-13)19(24)23-9-1-2-14(12-23)10-17-21-18(22-25-17)15-7-8-15/h3-6,14-15H,1-2,7-10,12H2/t14-/m1/s1. The van der Waals surface area contributed by atoms with E-state index in [0.717, 1.165) is 44.5 Å². The van der Waals surface area contributed by atoms with Crippen LogP contribution < -0.4 is 0 Å². The average Bonchev–Trinajstić information content (AvgIpc) is 3.41. The van der Waals surface area contributed by atoms with Crippen molar-refractivity contribution in [3.05, 3.63) is 47.1 Å². The number of piperidine rings is 1. The van der Waals surface area contributed by atoms with Crippen LogP contribution in [-0.4, -0.2) is 34.0 Å². The Balaban J connectivity index is 1.39. The van der Waals surface area contributed by atoms with Crippen LogP contribution in [0.3, 0.4) is 0 Å². The Kier molecular flexibility index (Phi) is 4.22. The smallest absolute Gasteiger partial charge is 0.253 e. The van der Waals surface area contributed by atoms with Crippen LogP contribution in [0.15, 0.2) is 28.8 Å². The summed E-state index contributed by atoms with van der Waals surface area (Å²) in [6.45, 7) is 1.48. The molecule has 1 atom stereocenters. The van der Waals surface area contributed by atoms with Gasteiger partial charge in [0.1, 0.15) is 0 Å². The van der Waals surface area contributed by atoms with Gasteiger partial charge in [0.05, 0.1) is 11.6 Å². The van der Waals surface area contributed by atoms with E-state index in [1.807, 2.05) is 4.90 Å². The Morgan fingerprint density at radius 2 is 2.08 bits per heavy atom. The van der Waals surface area contributed by atoms with Crippen molar-refractivity contribution >= 4 is 5.91 Å². The number of likely N-dealkylation sites (tertiary alicyclic amines) is 1. The number of benzene rings is 1. The van der Waals surface area contributed by atoms with E-state index in [2.05, 4.69) is 16.2 Å².